The molecule has 0 aliphatic rings. The van der Waals surface area contributed by atoms with Crippen LogP contribution in [-0.4, -0.2) is 14.1 Å². The Kier molecular flexibility index (Phi) is 4.64. The third-order valence-corrected chi connectivity index (χ3v) is 4.76. The van der Waals surface area contributed by atoms with Crippen molar-refractivity contribution < 1.29 is 4.74 Å². The number of benzene rings is 2. The number of rotatable bonds is 4. The lowest BCUT2D eigenvalue weighted by atomic mass is 10.1. The smallest absolute Gasteiger partial charge is 0.332 e. The van der Waals surface area contributed by atoms with Crippen LogP contribution in [0, 0.1) is 6.92 Å². The van der Waals surface area contributed by atoms with Gasteiger partial charge in [0.1, 0.15) is 16.9 Å². The summed E-state index contributed by atoms with van der Waals surface area (Å²) in [4.78, 5) is 29.3. The van der Waals surface area contributed by atoms with Gasteiger partial charge in [0.05, 0.1) is 5.69 Å². The largest absolute Gasteiger partial charge is 0.457 e. The van der Waals surface area contributed by atoms with Gasteiger partial charge in [-0.05, 0) is 48.9 Å². The fourth-order valence-corrected chi connectivity index (χ4v) is 3.16. The van der Waals surface area contributed by atoms with E-state index in [9.17, 15) is 9.59 Å². The van der Waals surface area contributed by atoms with Gasteiger partial charge in [0.2, 0.25) is 0 Å². The van der Waals surface area contributed by atoms with Crippen molar-refractivity contribution in [1.29, 1.82) is 0 Å². The highest BCUT2D eigenvalue weighted by atomic mass is 16.5. The summed E-state index contributed by atoms with van der Waals surface area (Å²) in [6, 6.07) is 17.0. The summed E-state index contributed by atoms with van der Waals surface area (Å²) in [5.74, 6) is 1.46. The zero-order chi connectivity index (χ0) is 20.5. The highest BCUT2D eigenvalue weighted by molar-refractivity contribution is 5.92. The first-order valence-corrected chi connectivity index (χ1v) is 9.11. The second-order valence-corrected chi connectivity index (χ2v) is 6.79. The van der Waals surface area contributed by atoms with Gasteiger partial charge >= 0.3 is 5.69 Å². The van der Waals surface area contributed by atoms with Gasteiger partial charge < -0.3 is 10.1 Å². The minimum Gasteiger partial charge on any atom is -0.457 e. The minimum atomic E-state index is -0.410. The lowest BCUT2D eigenvalue weighted by molar-refractivity contribution is 0.483. The molecule has 0 atom stereocenters. The van der Waals surface area contributed by atoms with Crippen molar-refractivity contribution in [3.8, 4) is 11.5 Å². The predicted molar refractivity (Wildman–Crippen MR) is 113 cm³/mol. The van der Waals surface area contributed by atoms with Crippen LogP contribution < -0.4 is 21.3 Å². The Balaban J connectivity index is 1.72. The molecular weight excluding hydrogens is 368 g/mol. The van der Waals surface area contributed by atoms with E-state index in [2.05, 4.69) is 10.3 Å². The van der Waals surface area contributed by atoms with Gasteiger partial charge in [-0.15, -0.1) is 0 Å². The lowest BCUT2D eigenvalue weighted by Gasteiger charge is -2.15. The molecule has 7 heteroatoms. The molecule has 1 N–H and O–H groups in total. The number of aromatic nitrogens is 3. The predicted octanol–water partition coefficient (Wildman–Crippen LogP) is 3.48. The third-order valence-electron chi connectivity index (χ3n) is 4.76. The quantitative estimate of drug-likeness (QED) is 0.579. The molecule has 0 radical (unpaired) electrons. The maximum Gasteiger partial charge on any atom is 0.332 e. The van der Waals surface area contributed by atoms with Crippen molar-refractivity contribution >= 4 is 22.4 Å². The molecule has 0 amide bonds. The van der Waals surface area contributed by atoms with Crippen LogP contribution in [0.3, 0.4) is 0 Å². The number of para-hydroxylation sites is 1. The number of ether oxygens (including phenoxy) is 1. The maximum absolute atomic E-state index is 12.8. The van der Waals surface area contributed by atoms with E-state index in [-0.39, 0.29) is 5.56 Å². The minimum absolute atomic E-state index is 0.343. The van der Waals surface area contributed by atoms with Crippen LogP contribution in [0.1, 0.15) is 5.56 Å². The van der Waals surface area contributed by atoms with Crippen LogP contribution in [-0.2, 0) is 14.1 Å². The molecule has 0 bridgehead atoms. The average Bonchev–Trinajstić information content (AvgIpc) is 2.74. The van der Waals surface area contributed by atoms with Crippen molar-refractivity contribution in [1.82, 2.24) is 14.1 Å². The number of aryl methyl sites for hydroxylation is 2. The van der Waals surface area contributed by atoms with Crippen LogP contribution in [0.25, 0.3) is 11.0 Å². The number of nitrogens with one attached hydrogen (secondary N) is 1. The Morgan fingerprint density at radius 2 is 1.55 bits per heavy atom. The monoisotopic (exact) mass is 388 g/mol. The number of anilines is 2. The Labute approximate surface area is 166 Å². The summed E-state index contributed by atoms with van der Waals surface area (Å²) in [6.07, 6.45) is 1.65. The van der Waals surface area contributed by atoms with Gasteiger partial charge in [0.25, 0.3) is 5.56 Å². The number of pyridine rings is 1. The van der Waals surface area contributed by atoms with E-state index in [1.165, 1.54) is 11.6 Å². The van der Waals surface area contributed by atoms with E-state index in [0.717, 1.165) is 21.6 Å². The topological polar surface area (TPSA) is 78.2 Å². The summed E-state index contributed by atoms with van der Waals surface area (Å²) in [6.45, 7) is 1.87. The summed E-state index contributed by atoms with van der Waals surface area (Å²) in [5.41, 5.74) is 1.77. The highest BCUT2D eigenvalue weighted by Gasteiger charge is 2.16. The molecule has 0 saturated carbocycles. The molecular formula is C22H20N4O3. The Morgan fingerprint density at radius 3 is 2.24 bits per heavy atom. The molecule has 0 fully saturated rings. The number of fused-ring (bicyclic) bond motifs is 1. The third kappa shape index (κ3) is 3.38. The zero-order valence-electron chi connectivity index (χ0n) is 16.3. The van der Waals surface area contributed by atoms with Crippen LogP contribution >= 0.6 is 0 Å². The molecule has 0 aliphatic carbocycles. The van der Waals surface area contributed by atoms with Gasteiger partial charge in [0.15, 0.2) is 5.65 Å². The molecule has 2 aromatic heterocycles. The standard InChI is InChI=1S/C22H20N4O3/c1-14-13-23-20-18(21(27)26(3)22(28)25(20)2)19(14)24-15-9-11-17(12-10-15)29-16-7-5-4-6-8-16/h4-13H,1-3H3,(H,23,24). The van der Waals surface area contributed by atoms with Crippen molar-refractivity contribution in [3.63, 3.8) is 0 Å². The Morgan fingerprint density at radius 1 is 0.897 bits per heavy atom. The second kappa shape index (κ2) is 7.27. The molecule has 29 heavy (non-hydrogen) atoms. The van der Waals surface area contributed by atoms with Gasteiger partial charge in [0, 0.05) is 26.0 Å². The Hall–Kier alpha value is -3.87. The van der Waals surface area contributed by atoms with Crippen molar-refractivity contribution in [2.24, 2.45) is 14.1 Å². The fourth-order valence-electron chi connectivity index (χ4n) is 3.16. The first kappa shape index (κ1) is 18.5. The van der Waals surface area contributed by atoms with Crippen LogP contribution in [0.4, 0.5) is 11.4 Å². The van der Waals surface area contributed by atoms with Crippen LogP contribution in [0.5, 0.6) is 11.5 Å². The van der Waals surface area contributed by atoms with Crippen LogP contribution in [0.15, 0.2) is 70.4 Å². The van der Waals surface area contributed by atoms with Gasteiger partial charge in [-0.1, -0.05) is 18.2 Å². The average molecular weight is 388 g/mol. The van der Waals surface area contributed by atoms with Gasteiger partial charge in [-0.25, -0.2) is 9.78 Å². The fraction of sp³-hybridized carbons (Fsp3) is 0.136. The molecule has 2 aromatic carbocycles. The molecule has 4 aromatic rings. The van der Waals surface area contributed by atoms with E-state index >= 15 is 0 Å². The van der Waals surface area contributed by atoms with Crippen molar-refractivity contribution in [3.05, 3.63) is 87.2 Å². The van der Waals surface area contributed by atoms with E-state index in [0.29, 0.717) is 22.5 Å². The van der Waals surface area contributed by atoms with E-state index in [1.54, 1.807) is 13.2 Å². The summed E-state index contributed by atoms with van der Waals surface area (Å²) in [5, 5.41) is 3.67. The maximum atomic E-state index is 12.8. The first-order valence-electron chi connectivity index (χ1n) is 9.11. The lowest BCUT2D eigenvalue weighted by Crippen LogP contribution is -2.37. The van der Waals surface area contributed by atoms with Gasteiger partial charge in [-0.2, -0.15) is 0 Å². The molecule has 0 aliphatic heterocycles. The highest BCUT2D eigenvalue weighted by Crippen LogP contribution is 2.28. The van der Waals surface area contributed by atoms with Crippen LogP contribution in [0.2, 0.25) is 0 Å². The number of hydrogen-bond donors (Lipinski definition) is 1. The van der Waals surface area contributed by atoms with E-state index < -0.39 is 5.69 Å². The first-order chi connectivity index (χ1) is 14.0. The second-order valence-electron chi connectivity index (χ2n) is 6.79. The van der Waals surface area contributed by atoms with Crippen molar-refractivity contribution in [2.45, 2.75) is 6.92 Å². The van der Waals surface area contributed by atoms with E-state index in [1.807, 2.05) is 61.5 Å². The summed E-state index contributed by atoms with van der Waals surface area (Å²) < 4.78 is 8.27. The molecule has 146 valence electrons. The summed E-state index contributed by atoms with van der Waals surface area (Å²) in [7, 11) is 3.07. The number of hydrogen-bond acceptors (Lipinski definition) is 5. The van der Waals surface area contributed by atoms with Crippen molar-refractivity contribution in [2.75, 3.05) is 5.32 Å². The molecule has 0 saturated heterocycles. The number of nitrogens with zero attached hydrogens (tertiary/aromatic N) is 3. The molecule has 0 spiro atoms. The SMILES string of the molecule is Cc1cnc2c(c1Nc1ccc(Oc3ccccc3)cc1)c(=O)n(C)c(=O)n2C. The molecule has 7 nitrogen and oxygen atoms in total. The zero-order valence-corrected chi connectivity index (χ0v) is 16.3. The summed E-state index contributed by atoms with van der Waals surface area (Å²) >= 11 is 0. The molecule has 4 rings (SSSR count). The molecule has 0 unspecified atom stereocenters. The van der Waals surface area contributed by atoms with Gasteiger partial charge in [-0.3, -0.25) is 13.9 Å². The Bertz CT molecular complexity index is 1310. The van der Waals surface area contributed by atoms with E-state index in [4.69, 9.17) is 4.74 Å². The normalized spacial score (nSPS) is 10.9. The molecule has 2 heterocycles.